The minimum Gasteiger partial charge on any atom is -0.489 e. The van der Waals surface area contributed by atoms with Crippen LogP contribution in [0.3, 0.4) is 0 Å². The molecular formula is C19H18ClN3O3. The highest BCUT2D eigenvalue weighted by molar-refractivity contribution is 6.32. The Morgan fingerprint density at radius 1 is 1.27 bits per heavy atom. The number of nitrogens with one attached hydrogen (secondary N) is 1. The van der Waals surface area contributed by atoms with Gasteiger partial charge in [0.25, 0.3) is 5.56 Å². The summed E-state index contributed by atoms with van der Waals surface area (Å²) in [4.78, 5) is 27.2. The maximum Gasteiger partial charge on any atom is 0.349 e. The van der Waals surface area contributed by atoms with E-state index in [0.717, 1.165) is 11.1 Å². The predicted molar refractivity (Wildman–Crippen MR) is 104 cm³/mol. The molecular weight excluding hydrogens is 354 g/mol. The van der Waals surface area contributed by atoms with E-state index in [1.165, 1.54) is 6.21 Å². The van der Waals surface area contributed by atoms with Crippen molar-refractivity contribution in [3.05, 3.63) is 73.9 Å². The Bertz CT molecular complexity index is 1090. The number of H-pyrrole nitrogens is 1. The fourth-order valence-corrected chi connectivity index (χ4v) is 2.61. The average molecular weight is 372 g/mol. The first-order chi connectivity index (χ1) is 12.5. The highest BCUT2D eigenvalue weighted by Gasteiger charge is 2.08. The zero-order valence-corrected chi connectivity index (χ0v) is 15.2. The number of fused-ring (bicyclic) bond motifs is 1. The number of aromatic amines is 1. The van der Waals surface area contributed by atoms with Gasteiger partial charge >= 0.3 is 5.69 Å². The number of halogens is 1. The molecule has 3 rings (SSSR count). The first-order valence-corrected chi connectivity index (χ1v) is 8.62. The molecule has 0 radical (unpaired) electrons. The summed E-state index contributed by atoms with van der Waals surface area (Å²) in [6.07, 6.45) is 2.33. The topological polar surface area (TPSA) is 76.5 Å². The minimum atomic E-state index is -0.604. The molecule has 0 saturated carbocycles. The van der Waals surface area contributed by atoms with Crippen LogP contribution in [0.2, 0.25) is 5.02 Å². The van der Waals surface area contributed by atoms with Crippen LogP contribution in [0.4, 0.5) is 0 Å². The molecule has 1 N–H and O–H groups in total. The second-order valence-corrected chi connectivity index (χ2v) is 6.27. The Hall–Kier alpha value is -2.86. The third-order valence-corrected chi connectivity index (χ3v) is 4.26. The van der Waals surface area contributed by atoms with E-state index in [1.807, 2.05) is 13.8 Å². The maximum absolute atomic E-state index is 12.4. The van der Waals surface area contributed by atoms with Gasteiger partial charge in [-0.15, -0.1) is 4.68 Å². The van der Waals surface area contributed by atoms with Crippen molar-refractivity contribution >= 4 is 28.7 Å². The van der Waals surface area contributed by atoms with Crippen molar-refractivity contribution < 1.29 is 4.74 Å². The quantitative estimate of drug-likeness (QED) is 0.698. The van der Waals surface area contributed by atoms with E-state index >= 15 is 0 Å². The van der Waals surface area contributed by atoms with E-state index in [2.05, 4.69) is 10.1 Å². The number of rotatable bonds is 5. The molecule has 26 heavy (non-hydrogen) atoms. The van der Waals surface area contributed by atoms with Gasteiger partial charge in [0.2, 0.25) is 0 Å². The number of hydrogen-bond acceptors (Lipinski definition) is 4. The molecule has 2 aromatic carbocycles. The molecule has 0 unspecified atom stereocenters. The van der Waals surface area contributed by atoms with Gasteiger partial charge in [-0.25, -0.2) is 4.79 Å². The number of aromatic nitrogens is 2. The monoisotopic (exact) mass is 371 g/mol. The Morgan fingerprint density at radius 3 is 2.77 bits per heavy atom. The van der Waals surface area contributed by atoms with Gasteiger partial charge in [0.05, 0.1) is 28.2 Å². The lowest BCUT2D eigenvalue weighted by molar-refractivity contribution is 0.217. The zero-order chi connectivity index (χ0) is 18.7. The number of hydrogen-bond donors (Lipinski definition) is 1. The molecule has 0 bridgehead atoms. The maximum atomic E-state index is 12.4. The largest absolute Gasteiger partial charge is 0.489 e. The summed E-state index contributed by atoms with van der Waals surface area (Å²) in [5.74, 6) is 0.582. The summed E-state index contributed by atoms with van der Waals surface area (Å²) in [6.45, 7) is 3.99. The second-order valence-electron chi connectivity index (χ2n) is 5.86. The number of benzene rings is 2. The Kier molecular flexibility index (Phi) is 5.23. The summed E-state index contributed by atoms with van der Waals surface area (Å²) in [7, 11) is 0. The van der Waals surface area contributed by atoms with Crippen molar-refractivity contribution in [3.8, 4) is 5.75 Å². The van der Waals surface area contributed by atoms with E-state index < -0.39 is 11.2 Å². The molecule has 1 atom stereocenters. The molecule has 0 saturated heterocycles. The van der Waals surface area contributed by atoms with E-state index in [-0.39, 0.29) is 6.10 Å². The van der Waals surface area contributed by atoms with Crippen molar-refractivity contribution in [2.45, 2.75) is 26.4 Å². The van der Waals surface area contributed by atoms with Gasteiger partial charge in [0, 0.05) is 0 Å². The summed E-state index contributed by atoms with van der Waals surface area (Å²) < 4.78 is 6.50. The van der Waals surface area contributed by atoms with E-state index in [4.69, 9.17) is 16.3 Å². The third-order valence-electron chi connectivity index (χ3n) is 3.97. The van der Waals surface area contributed by atoms with Gasteiger partial charge in [-0.05, 0) is 49.2 Å². The molecule has 0 aliphatic rings. The molecule has 3 aromatic rings. The fraction of sp³-hybridized carbons (Fsp3) is 0.211. The van der Waals surface area contributed by atoms with Crippen molar-refractivity contribution in [1.29, 1.82) is 0 Å². The minimum absolute atomic E-state index is 0.0572. The van der Waals surface area contributed by atoms with Gasteiger partial charge in [-0.2, -0.15) is 5.10 Å². The molecule has 1 aromatic heterocycles. The summed E-state index contributed by atoms with van der Waals surface area (Å²) in [5.41, 5.74) is 0.0330. The normalized spacial score (nSPS) is 12.6. The summed E-state index contributed by atoms with van der Waals surface area (Å²) in [5, 5.41) is 4.84. The van der Waals surface area contributed by atoms with Gasteiger partial charge in [-0.3, -0.25) is 4.79 Å². The lowest BCUT2D eigenvalue weighted by Gasteiger charge is -2.13. The smallest absolute Gasteiger partial charge is 0.349 e. The van der Waals surface area contributed by atoms with E-state index in [1.54, 1.807) is 42.5 Å². The van der Waals surface area contributed by atoms with Crippen LogP contribution in [0.5, 0.6) is 5.75 Å². The van der Waals surface area contributed by atoms with Gasteiger partial charge < -0.3 is 9.72 Å². The summed E-state index contributed by atoms with van der Waals surface area (Å²) >= 11 is 6.23. The van der Waals surface area contributed by atoms with Crippen LogP contribution in [0, 0.1) is 0 Å². The Balaban J connectivity index is 1.93. The number of ether oxygens (including phenoxy) is 1. The van der Waals surface area contributed by atoms with Crippen molar-refractivity contribution in [2.24, 2.45) is 5.10 Å². The Morgan fingerprint density at radius 2 is 2.04 bits per heavy atom. The van der Waals surface area contributed by atoms with Crippen LogP contribution in [-0.2, 0) is 0 Å². The van der Waals surface area contributed by atoms with Gasteiger partial charge in [-0.1, -0.05) is 30.7 Å². The van der Waals surface area contributed by atoms with E-state index in [9.17, 15) is 9.59 Å². The molecule has 0 spiro atoms. The zero-order valence-electron chi connectivity index (χ0n) is 14.4. The Labute approximate surface area is 154 Å². The van der Waals surface area contributed by atoms with Crippen LogP contribution < -0.4 is 16.0 Å². The first-order valence-electron chi connectivity index (χ1n) is 8.24. The molecule has 0 fully saturated rings. The number of nitrogens with zero attached hydrogens (tertiary/aromatic N) is 2. The van der Waals surface area contributed by atoms with Crippen molar-refractivity contribution in [3.63, 3.8) is 0 Å². The molecule has 6 nitrogen and oxygen atoms in total. The van der Waals surface area contributed by atoms with Crippen LogP contribution in [0.25, 0.3) is 10.9 Å². The lowest BCUT2D eigenvalue weighted by atomic mass is 10.2. The van der Waals surface area contributed by atoms with Crippen molar-refractivity contribution in [2.75, 3.05) is 0 Å². The van der Waals surface area contributed by atoms with Crippen molar-refractivity contribution in [1.82, 2.24) is 9.66 Å². The molecule has 7 heteroatoms. The van der Waals surface area contributed by atoms with Crippen LogP contribution in [0.15, 0.2) is 57.2 Å². The number of para-hydroxylation sites is 1. The van der Waals surface area contributed by atoms with Gasteiger partial charge in [0.1, 0.15) is 5.75 Å². The third kappa shape index (κ3) is 3.70. The highest BCUT2D eigenvalue weighted by Crippen LogP contribution is 2.26. The van der Waals surface area contributed by atoms with E-state index in [0.29, 0.717) is 27.2 Å². The average Bonchev–Trinajstić information content (AvgIpc) is 2.63. The highest BCUT2D eigenvalue weighted by atomic mass is 35.5. The van der Waals surface area contributed by atoms with Crippen LogP contribution in [-0.4, -0.2) is 22.0 Å². The molecule has 0 aliphatic carbocycles. The molecule has 1 heterocycles. The predicted octanol–water partition coefficient (Wildman–Crippen LogP) is 3.40. The molecule has 0 amide bonds. The van der Waals surface area contributed by atoms with Crippen LogP contribution >= 0.6 is 11.6 Å². The van der Waals surface area contributed by atoms with Crippen LogP contribution in [0.1, 0.15) is 25.8 Å². The fourth-order valence-electron chi connectivity index (χ4n) is 2.38. The standard InChI is InChI=1S/C19H18ClN3O3/c1-3-12(2)26-17-9-8-13(10-15(17)20)11-21-23-18(24)14-6-4-5-7-16(14)22-19(23)25/h4-12H,3H2,1-2H3,(H,22,25)/t12-/m0/s1. The lowest BCUT2D eigenvalue weighted by Crippen LogP contribution is -2.32. The first kappa shape index (κ1) is 17.9. The van der Waals surface area contributed by atoms with Gasteiger partial charge in [0.15, 0.2) is 0 Å². The molecule has 134 valence electrons. The molecule has 0 aliphatic heterocycles. The second kappa shape index (κ2) is 7.58. The summed E-state index contributed by atoms with van der Waals surface area (Å²) in [6, 6.07) is 11.9. The SMILES string of the molecule is CC[C@H](C)Oc1ccc(C=Nn2c(=O)[nH]c3ccccc3c2=O)cc1Cl.